The summed E-state index contributed by atoms with van der Waals surface area (Å²) in [5.74, 6) is -0.307. The molecule has 106 valence electrons. The summed E-state index contributed by atoms with van der Waals surface area (Å²) in [6.07, 6.45) is -2.91. The van der Waals surface area contributed by atoms with Crippen LogP contribution in [0.25, 0.3) is 0 Å². The Bertz CT molecular complexity index is 494. The van der Waals surface area contributed by atoms with Gasteiger partial charge in [0.25, 0.3) is 0 Å². The van der Waals surface area contributed by atoms with Crippen LogP contribution in [0.3, 0.4) is 0 Å². The monoisotopic (exact) mass is 276 g/mol. The molecule has 0 bridgehead atoms. The van der Waals surface area contributed by atoms with Gasteiger partial charge in [0.2, 0.25) is 0 Å². The van der Waals surface area contributed by atoms with Gasteiger partial charge in [-0.1, -0.05) is 6.92 Å². The van der Waals surface area contributed by atoms with Crippen LogP contribution in [0.5, 0.6) is 0 Å². The van der Waals surface area contributed by atoms with Gasteiger partial charge in [0.1, 0.15) is 6.54 Å². The lowest BCUT2D eigenvalue weighted by atomic mass is 9.88. The summed E-state index contributed by atoms with van der Waals surface area (Å²) in [7, 11) is 1.20. The van der Waals surface area contributed by atoms with Gasteiger partial charge in [-0.25, -0.2) is 0 Å². The van der Waals surface area contributed by atoms with Gasteiger partial charge in [0.15, 0.2) is 5.69 Å². The summed E-state index contributed by atoms with van der Waals surface area (Å²) in [6.45, 7) is 1.70. The molecule has 0 saturated carbocycles. The van der Waals surface area contributed by atoms with Gasteiger partial charge in [0, 0.05) is 11.3 Å². The van der Waals surface area contributed by atoms with E-state index in [2.05, 4.69) is 9.84 Å². The fourth-order valence-corrected chi connectivity index (χ4v) is 2.39. The molecule has 0 radical (unpaired) electrons. The van der Waals surface area contributed by atoms with Crippen LogP contribution in [0.4, 0.5) is 13.2 Å². The second-order valence-electron chi connectivity index (χ2n) is 4.85. The number of hydrogen-bond acceptors (Lipinski definition) is 3. The minimum atomic E-state index is -4.48. The lowest BCUT2D eigenvalue weighted by Gasteiger charge is -2.20. The van der Waals surface area contributed by atoms with Gasteiger partial charge in [-0.15, -0.1) is 0 Å². The minimum absolute atomic E-state index is 0.231. The molecular formula is C12H15F3N2O2. The van der Waals surface area contributed by atoms with E-state index >= 15 is 0 Å². The number of alkyl halides is 3. The predicted octanol–water partition coefficient (Wildman–Crippen LogP) is 2.20. The van der Waals surface area contributed by atoms with Gasteiger partial charge >= 0.3 is 12.1 Å². The normalized spacial score (nSPS) is 19.1. The molecule has 0 saturated heterocycles. The second-order valence-corrected chi connectivity index (χ2v) is 4.85. The van der Waals surface area contributed by atoms with Gasteiger partial charge in [0.05, 0.1) is 7.11 Å². The maximum absolute atomic E-state index is 12.9. The van der Waals surface area contributed by atoms with E-state index in [1.165, 1.54) is 7.11 Å². The van der Waals surface area contributed by atoms with E-state index in [9.17, 15) is 18.0 Å². The number of ether oxygens (including phenoxy) is 1. The Morgan fingerprint density at radius 3 is 2.79 bits per heavy atom. The quantitative estimate of drug-likeness (QED) is 0.778. The number of methoxy groups -OCH3 is 1. The van der Waals surface area contributed by atoms with Crippen molar-refractivity contribution in [3.63, 3.8) is 0 Å². The highest BCUT2D eigenvalue weighted by Gasteiger charge is 2.40. The average Bonchev–Trinajstić information content (AvgIpc) is 2.67. The summed E-state index contributed by atoms with van der Waals surface area (Å²) in [5, 5.41) is 3.58. The van der Waals surface area contributed by atoms with Crippen LogP contribution in [0.15, 0.2) is 0 Å². The molecule has 4 nitrogen and oxygen atoms in total. The molecule has 7 heteroatoms. The van der Waals surface area contributed by atoms with Crippen LogP contribution in [-0.2, 0) is 35.1 Å². The third-order valence-electron chi connectivity index (χ3n) is 3.37. The molecule has 0 aromatic carbocycles. The molecule has 1 aromatic rings. The SMILES string of the molecule is COC(=O)Cn1nc(C(F)(F)F)c2c1CC(C)CC2. The number of hydrogen-bond donors (Lipinski definition) is 0. The zero-order chi connectivity index (χ0) is 14.2. The van der Waals surface area contributed by atoms with Crippen molar-refractivity contribution < 1.29 is 22.7 Å². The van der Waals surface area contributed by atoms with Crippen molar-refractivity contribution in [3.05, 3.63) is 17.0 Å². The van der Waals surface area contributed by atoms with Crippen molar-refractivity contribution in [1.29, 1.82) is 0 Å². The highest BCUT2D eigenvalue weighted by molar-refractivity contribution is 5.69. The standard InChI is InChI=1S/C12H15F3N2O2/c1-7-3-4-8-9(5-7)17(6-10(18)19-2)16-11(8)12(13,14)15/h7H,3-6H2,1-2H3. The molecular weight excluding hydrogens is 261 g/mol. The van der Waals surface area contributed by atoms with E-state index in [0.717, 1.165) is 4.68 Å². The number of halogens is 3. The number of rotatable bonds is 2. The summed E-state index contributed by atoms with van der Waals surface area (Å²) < 4.78 is 44.4. The molecule has 1 heterocycles. The molecule has 1 aliphatic carbocycles. The molecule has 1 unspecified atom stereocenters. The van der Waals surface area contributed by atoms with Crippen molar-refractivity contribution in [2.24, 2.45) is 5.92 Å². The predicted molar refractivity (Wildman–Crippen MR) is 60.4 cm³/mol. The zero-order valence-corrected chi connectivity index (χ0v) is 10.8. The van der Waals surface area contributed by atoms with Crippen molar-refractivity contribution in [2.75, 3.05) is 7.11 Å². The molecule has 0 aliphatic heterocycles. The number of fused-ring (bicyclic) bond motifs is 1. The second kappa shape index (κ2) is 4.86. The first kappa shape index (κ1) is 13.9. The van der Waals surface area contributed by atoms with Gasteiger partial charge < -0.3 is 4.74 Å². The van der Waals surface area contributed by atoms with Crippen LogP contribution in [0.2, 0.25) is 0 Å². The van der Waals surface area contributed by atoms with Gasteiger partial charge in [-0.05, 0) is 25.2 Å². The lowest BCUT2D eigenvalue weighted by Crippen LogP contribution is -2.19. The smallest absolute Gasteiger partial charge is 0.435 e. The molecule has 1 aromatic heterocycles. The first-order valence-electron chi connectivity index (χ1n) is 6.05. The Morgan fingerprint density at radius 1 is 1.53 bits per heavy atom. The third kappa shape index (κ3) is 2.74. The molecule has 19 heavy (non-hydrogen) atoms. The van der Waals surface area contributed by atoms with Crippen LogP contribution in [0, 0.1) is 5.92 Å². The molecule has 1 aliphatic rings. The van der Waals surface area contributed by atoms with Crippen LogP contribution < -0.4 is 0 Å². The van der Waals surface area contributed by atoms with Crippen molar-refractivity contribution in [1.82, 2.24) is 9.78 Å². The summed E-state index contributed by atoms with van der Waals surface area (Å²) in [4.78, 5) is 11.2. The lowest BCUT2D eigenvalue weighted by molar-refractivity contribution is -0.144. The van der Waals surface area contributed by atoms with Crippen molar-refractivity contribution in [2.45, 2.75) is 38.9 Å². The van der Waals surface area contributed by atoms with E-state index in [1.54, 1.807) is 0 Å². The summed E-state index contributed by atoms with van der Waals surface area (Å²) in [5.41, 5.74) is -0.121. The zero-order valence-electron chi connectivity index (χ0n) is 10.8. The van der Waals surface area contributed by atoms with E-state index in [0.29, 0.717) is 30.9 Å². The average molecular weight is 276 g/mol. The van der Waals surface area contributed by atoms with Crippen LogP contribution in [-0.4, -0.2) is 22.9 Å². The first-order chi connectivity index (χ1) is 8.82. The Balaban J connectivity index is 2.44. The summed E-state index contributed by atoms with van der Waals surface area (Å²) >= 11 is 0. The van der Waals surface area contributed by atoms with Gasteiger partial charge in [-0.2, -0.15) is 18.3 Å². The van der Waals surface area contributed by atoms with Crippen molar-refractivity contribution >= 4 is 5.97 Å². The highest BCUT2D eigenvalue weighted by atomic mass is 19.4. The molecule has 0 fully saturated rings. The number of esters is 1. The van der Waals surface area contributed by atoms with Crippen LogP contribution in [0.1, 0.15) is 30.3 Å². The molecule has 0 N–H and O–H groups in total. The number of carbonyl (C=O) groups is 1. The Kier molecular flexibility index (Phi) is 3.56. The molecule has 1 atom stereocenters. The number of nitrogens with zero attached hydrogens (tertiary/aromatic N) is 2. The number of carbonyl (C=O) groups excluding carboxylic acids is 1. The minimum Gasteiger partial charge on any atom is -0.468 e. The first-order valence-corrected chi connectivity index (χ1v) is 6.05. The summed E-state index contributed by atoms with van der Waals surface area (Å²) in [6, 6.07) is 0. The largest absolute Gasteiger partial charge is 0.468 e. The fraction of sp³-hybridized carbons (Fsp3) is 0.667. The van der Waals surface area contributed by atoms with Crippen molar-refractivity contribution in [3.8, 4) is 0 Å². The maximum atomic E-state index is 12.9. The van der Waals surface area contributed by atoms with E-state index < -0.39 is 17.8 Å². The fourth-order valence-electron chi connectivity index (χ4n) is 2.39. The van der Waals surface area contributed by atoms with E-state index in [4.69, 9.17) is 0 Å². The van der Waals surface area contributed by atoms with E-state index in [1.807, 2.05) is 6.92 Å². The highest BCUT2D eigenvalue weighted by Crippen LogP contribution is 2.36. The van der Waals surface area contributed by atoms with E-state index in [-0.39, 0.29) is 12.1 Å². The Labute approximate surface area is 108 Å². The number of aromatic nitrogens is 2. The topological polar surface area (TPSA) is 44.1 Å². The maximum Gasteiger partial charge on any atom is 0.435 e. The van der Waals surface area contributed by atoms with Gasteiger partial charge in [-0.3, -0.25) is 9.48 Å². The third-order valence-corrected chi connectivity index (χ3v) is 3.37. The molecule has 0 amide bonds. The Morgan fingerprint density at radius 2 is 2.21 bits per heavy atom. The molecule has 2 rings (SSSR count). The Hall–Kier alpha value is -1.53. The molecule has 0 spiro atoms. The van der Waals surface area contributed by atoms with Crippen LogP contribution >= 0.6 is 0 Å².